The first kappa shape index (κ1) is 14.7. The van der Waals surface area contributed by atoms with E-state index >= 15 is 0 Å². The third-order valence-electron chi connectivity index (χ3n) is 4.53. The van der Waals surface area contributed by atoms with Crippen LogP contribution in [-0.2, 0) is 11.3 Å². The minimum Gasteiger partial charge on any atom is -0.290 e. The van der Waals surface area contributed by atoms with Crippen molar-refractivity contribution in [2.45, 2.75) is 13.5 Å². The number of nitrogens with one attached hydrogen (secondary N) is 1. The van der Waals surface area contributed by atoms with Gasteiger partial charge in [-0.25, -0.2) is 9.67 Å². The Morgan fingerprint density at radius 2 is 1.81 bits per heavy atom. The molecule has 1 aliphatic heterocycles. The molecule has 2 aromatic heterocycles. The maximum atomic E-state index is 12.7. The molecular weight excluding hydrogens is 328 g/mol. The first-order valence-corrected chi connectivity index (χ1v) is 8.26. The summed E-state index contributed by atoms with van der Waals surface area (Å²) in [6.45, 7) is 2.12. The van der Waals surface area contributed by atoms with Crippen molar-refractivity contribution in [3.05, 3.63) is 59.8 Å². The minimum absolute atomic E-state index is 0.0672. The number of benzene rings is 2. The highest BCUT2D eigenvalue weighted by atomic mass is 16.1. The fraction of sp³-hybridized carbons (Fsp3) is 0.105. The SMILES string of the molecule is Cc1nn2c(c1-c1ccccc1)N=C(c1ccc3n[nH]nc3c1)C(=O)C2. The molecule has 0 unspecified atom stereocenters. The molecule has 26 heavy (non-hydrogen) atoms. The molecule has 1 N–H and O–H groups in total. The zero-order chi connectivity index (χ0) is 17.7. The summed E-state index contributed by atoms with van der Waals surface area (Å²) in [6, 6.07) is 15.5. The number of aliphatic imine (C=N–C) groups is 1. The van der Waals surface area contributed by atoms with Crippen molar-refractivity contribution in [3.63, 3.8) is 0 Å². The number of fused-ring (bicyclic) bond motifs is 2. The van der Waals surface area contributed by atoms with Crippen molar-refractivity contribution in [1.82, 2.24) is 25.2 Å². The smallest absolute Gasteiger partial charge is 0.203 e. The lowest BCUT2D eigenvalue weighted by Gasteiger charge is -2.14. The van der Waals surface area contributed by atoms with E-state index in [9.17, 15) is 4.79 Å². The van der Waals surface area contributed by atoms with E-state index in [0.717, 1.165) is 27.9 Å². The number of aromatic nitrogens is 5. The second kappa shape index (κ2) is 5.45. The number of carbonyl (C=O) groups is 1. The van der Waals surface area contributed by atoms with Crippen LogP contribution in [0.4, 0.5) is 5.82 Å². The number of aryl methyl sites for hydroxylation is 1. The van der Waals surface area contributed by atoms with E-state index < -0.39 is 0 Å². The molecule has 7 nitrogen and oxygen atoms in total. The Morgan fingerprint density at radius 1 is 1.00 bits per heavy atom. The van der Waals surface area contributed by atoms with Gasteiger partial charge in [0.2, 0.25) is 5.78 Å². The van der Waals surface area contributed by atoms with Gasteiger partial charge >= 0.3 is 0 Å². The van der Waals surface area contributed by atoms with Crippen LogP contribution in [0.2, 0.25) is 0 Å². The van der Waals surface area contributed by atoms with Crippen molar-refractivity contribution >= 4 is 28.3 Å². The minimum atomic E-state index is -0.0672. The third-order valence-corrected chi connectivity index (χ3v) is 4.53. The lowest BCUT2D eigenvalue weighted by atomic mass is 10.0. The van der Waals surface area contributed by atoms with Crippen molar-refractivity contribution in [3.8, 4) is 11.1 Å². The summed E-state index contributed by atoms with van der Waals surface area (Å²) < 4.78 is 1.68. The molecule has 5 rings (SSSR count). The Kier molecular flexibility index (Phi) is 3.08. The average Bonchev–Trinajstić information content (AvgIpc) is 3.24. The number of ketones is 1. The van der Waals surface area contributed by atoms with Crippen molar-refractivity contribution in [2.75, 3.05) is 0 Å². The van der Waals surface area contributed by atoms with E-state index in [1.165, 1.54) is 0 Å². The molecule has 7 heteroatoms. The molecule has 0 aliphatic carbocycles. The van der Waals surface area contributed by atoms with Crippen LogP contribution < -0.4 is 0 Å². The Morgan fingerprint density at radius 3 is 2.65 bits per heavy atom. The molecule has 0 saturated carbocycles. The van der Waals surface area contributed by atoms with Gasteiger partial charge in [0.05, 0.1) is 5.69 Å². The standard InChI is InChI=1S/C19H14N6O/c1-11-17(12-5-3-2-4-6-12)19-20-18(16(26)10-25(19)23-11)13-7-8-14-15(9-13)22-24-21-14/h2-9H,10H2,1H3,(H,21,22,24). The molecule has 1 aliphatic rings. The maximum Gasteiger partial charge on any atom is 0.203 e. The predicted octanol–water partition coefficient (Wildman–Crippen LogP) is 2.83. The van der Waals surface area contributed by atoms with Gasteiger partial charge in [-0.05, 0) is 24.6 Å². The highest BCUT2D eigenvalue weighted by molar-refractivity contribution is 6.47. The second-order valence-electron chi connectivity index (χ2n) is 6.22. The largest absolute Gasteiger partial charge is 0.290 e. The van der Waals surface area contributed by atoms with Gasteiger partial charge in [-0.3, -0.25) is 4.79 Å². The van der Waals surface area contributed by atoms with Crippen LogP contribution in [0.5, 0.6) is 0 Å². The number of aromatic amines is 1. The highest BCUT2D eigenvalue weighted by Crippen LogP contribution is 2.35. The summed E-state index contributed by atoms with van der Waals surface area (Å²) in [5.41, 5.74) is 5.48. The fourth-order valence-corrected chi connectivity index (χ4v) is 3.33. The lowest BCUT2D eigenvalue weighted by Crippen LogP contribution is -2.25. The molecule has 0 atom stereocenters. The zero-order valence-corrected chi connectivity index (χ0v) is 14.0. The molecular formula is C19H14N6O. The molecule has 2 aromatic carbocycles. The quantitative estimate of drug-likeness (QED) is 0.607. The van der Waals surface area contributed by atoms with Gasteiger partial charge in [0.15, 0.2) is 5.82 Å². The van der Waals surface area contributed by atoms with Gasteiger partial charge in [0.1, 0.15) is 23.3 Å². The summed E-state index contributed by atoms with van der Waals surface area (Å²) in [7, 11) is 0. The zero-order valence-electron chi connectivity index (χ0n) is 14.0. The number of nitrogens with zero attached hydrogens (tertiary/aromatic N) is 5. The van der Waals surface area contributed by atoms with Crippen LogP contribution in [0.3, 0.4) is 0 Å². The average molecular weight is 342 g/mol. The number of Topliss-reactive ketones (excluding diaryl/α,β-unsaturated/α-hetero) is 1. The predicted molar refractivity (Wildman–Crippen MR) is 97.5 cm³/mol. The second-order valence-corrected chi connectivity index (χ2v) is 6.22. The fourth-order valence-electron chi connectivity index (χ4n) is 3.33. The van der Waals surface area contributed by atoms with Crippen LogP contribution in [0.25, 0.3) is 22.2 Å². The van der Waals surface area contributed by atoms with E-state index in [-0.39, 0.29) is 12.3 Å². The van der Waals surface area contributed by atoms with E-state index in [1.807, 2.05) is 55.5 Å². The molecule has 0 spiro atoms. The van der Waals surface area contributed by atoms with E-state index in [0.29, 0.717) is 17.0 Å². The monoisotopic (exact) mass is 342 g/mol. The first-order valence-electron chi connectivity index (χ1n) is 8.26. The molecule has 4 aromatic rings. The van der Waals surface area contributed by atoms with Crippen molar-refractivity contribution < 1.29 is 4.79 Å². The molecule has 0 radical (unpaired) electrons. The van der Waals surface area contributed by atoms with Gasteiger partial charge in [-0.1, -0.05) is 36.4 Å². The molecule has 0 bridgehead atoms. The summed E-state index contributed by atoms with van der Waals surface area (Å²) in [5.74, 6) is 0.644. The lowest BCUT2D eigenvalue weighted by molar-refractivity contribution is -0.113. The van der Waals surface area contributed by atoms with Crippen molar-refractivity contribution in [1.29, 1.82) is 0 Å². The molecule has 126 valence electrons. The Balaban J connectivity index is 1.70. The van der Waals surface area contributed by atoms with Gasteiger partial charge in [-0.2, -0.15) is 20.5 Å². The van der Waals surface area contributed by atoms with Gasteiger partial charge < -0.3 is 0 Å². The summed E-state index contributed by atoms with van der Waals surface area (Å²) in [5, 5.41) is 15.2. The summed E-state index contributed by atoms with van der Waals surface area (Å²) in [4.78, 5) is 17.3. The normalized spacial score (nSPS) is 13.7. The van der Waals surface area contributed by atoms with Crippen LogP contribution in [0, 0.1) is 6.92 Å². The van der Waals surface area contributed by atoms with Crippen LogP contribution in [0.15, 0.2) is 53.5 Å². The topological polar surface area (TPSA) is 88.8 Å². The van der Waals surface area contributed by atoms with E-state index in [2.05, 4.69) is 20.5 Å². The number of hydrogen-bond acceptors (Lipinski definition) is 5. The van der Waals surface area contributed by atoms with Gasteiger partial charge in [-0.15, -0.1) is 0 Å². The highest BCUT2D eigenvalue weighted by Gasteiger charge is 2.27. The summed E-state index contributed by atoms with van der Waals surface area (Å²) in [6.07, 6.45) is 0. The summed E-state index contributed by atoms with van der Waals surface area (Å²) >= 11 is 0. The third kappa shape index (κ3) is 2.17. The first-order chi connectivity index (χ1) is 12.7. The number of carbonyl (C=O) groups excluding carboxylic acids is 1. The Labute approximate surface area is 148 Å². The van der Waals surface area contributed by atoms with Gasteiger partial charge in [0.25, 0.3) is 0 Å². The Hall–Kier alpha value is -3.61. The van der Waals surface area contributed by atoms with Crippen LogP contribution in [-0.4, -0.2) is 36.7 Å². The molecule has 0 amide bonds. The Bertz CT molecular complexity index is 1190. The number of hydrogen-bond donors (Lipinski definition) is 1. The molecule has 0 saturated heterocycles. The van der Waals surface area contributed by atoms with Crippen LogP contribution >= 0.6 is 0 Å². The number of H-pyrrole nitrogens is 1. The molecule has 3 heterocycles. The number of rotatable bonds is 2. The van der Waals surface area contributed by atoms with E-state index in [1.54, 1.807) is 4.68 Å². The maximum absolute atomic E-state index is 12.7. The van der Waals surface area contributed by atoms with E-state index in [4.69, 9.17) is 4.99 Å². The molecule has 0 fully saturated rings. The van der Waals surface area contributed by atoms with Gasteiger partial charge in [0, 0.05) is 11.1 Å². The van der Waals surface area contributed by atoms with Crippen molar-refractivity contribution in [2.24, 2.45) is 4.99 Å². The van der Waals surface area contributed by atoms with Crippen LogP contribution in [0.1, 0.15) is 11.3 Å².